The van der Waals surface area contributed by atoms with Gasteiger partial charge in [-0.15, -0.1) is 0 Å². The van der Waals surface area contributed by atoms with Gasteiger partial charge >= 0.3 is 0 Å². The number of hydrogen-bond acceptors (Lipinski definition) is 2. The maximum Gasteiger partial charge on any atom is 0.270 e. The second-order valence-corrected chi connectivity index (χ2v) is 5.22. The number of benzene rings is 1. The van der Waals surface area contributed by atoms with Crippen LogP contribution in [0.25, 0.3) is 10.9 Å². The maximum absolute atomic E-state index is 12.6. The summed E-state index contributed by atoms with van der Waals surface area (Å²) < 4.78 is 5.47. The highest BCUT2D eigenvalue weighted by Crippen LogP contribution is 2.20. The van der Waals surface area contributed by atoms with Crippen LogP contribution in [-0.2, 0) is 4.74 Å². The lowest BCUT2D eigenvalue weighted by atomic mass is 10.1. The van der Waals surface area contributed by atoms with E-state index in [-0.39, 0.29) is 18.0 Å². The fraction of sp³-hybridized carbons (Fsp3) is 0.400. The Morgan fingerprint density at radius 2 is 1.95 bits per heavy atom. The number of morpholine rings is 1. The zero-order valence-electron chi connectivity index (χ0n) is 11.2. The van der Waals surface area contributed by atoms with Crippen LogP contribution in [0.3, 0.4) is 0 Å². The molecule has 1 aliphatic rings. The molecule has 0 unspecified atom stereocenters. The van der Waals surface area contributed by atoms with Gasteiger partial charge < -0.3 is 14.6 Å². The molecule has 0 aliphatic carbocycles. The maximum atomic E-state index is 12.6. The lowest BCUT2D eigenvalue weighted by molar-refractivity contribution is -0.0251. The molecule has 1 saturated heterocycles. The van der Waals surface area contributed by atoms with Gasteiger partial charge in [-0.2, -0.15) is 0 Å². The summed E-state index contributed by atoms with van der Waals surface area (Å²) >= 11 is 0. The van der Waals surface area contributed by atoms with Crippen LogP contribution in [0.5, 0.6) is 0 Å². The molecule has 100 valence electrons. The van der Waals surface area contributed by atoms with Gasteiger partial charge in [0.1, 0.15) is 5.69 Å². The van der Waals surface area contributed by atoms with Crippen molar-refractivity contribution in [2.75, 3.05) is 13.2 Å². The average Bonchev–Trinajstić information content (AvgIpc) is 2.82. The van der Waals surface area contributed by atoms with Crippen molar-refractivity contribution in [1.82, 2.24) is 9.88 Å². The van der Waals surface area contributed by atoms with Crippen molar-refractivity contribution in [2.45, 2.75) is 25.9 Å². The van der Waals surface area contributed by atoms with E-state index in [0.717, 1.165) is 10.9 Å². The molecule has 1 aromatic carbocycles. The van der Waals surface area contributed by atoms with Gasteiger partial charge in [0.2, 0.25) is 0 Å². The zero-order chi connectivity index (χ0) is 13.4. The Kier molecular flexibility index (Phi) is 3.03. The minimum atomic E-state index is 0.0551. The number of nitrogens with one attached hydrogen (secondary N) is 1. The minimum Gasteiger partial charge on any atom is -0.377 e. The third-order valence-corrected chi connectivity index (χ3v) is 3.66. The molecule has 1 N–H and O–H groups in total. The van der Waals surface area contributed by atoms with Crippen LogP contribution in [0.1, 0.15) is 24.3 Å². The Morgan fingerprint density at radius 1 is 1.26 bits per heavy atom. The normalized spacial score (nSPS) is 23.8. The highest BCUT2D eigenvalue weighted by Gasteiger charge is 2.30. The highest BCUT2D eigenvalue weighted by atomic mass is 16.5. The van der Waals surface area contributed by atoms with Crippen LogP contribution in [0.15, 0.2) is 30.3 Å². The molecular weight excluding hydrogens is 240 g/mol. The lowest BCUT2D eigenvalue weighted by Gasteiger charge is -2.38. The van der Waals surface area contributed by atoms with Crippen molar-refractivity contribution in [2.24, 2.45) is 0 Å². The van der Waals surface area contributed by atoms with Crippen molar-refractivity contribution < 1.29 is 9.53 Å². The Morgan fingerprint density at radius 3 is 2.63 bits per heavy atom. The van der Waals surface area contributed by atoms with E-state index in [1.165, 1.54) is 0 Å². The fourth-order valence-electron chi connectivity index (χ4n) is 2.73. The van der Waals surface area contributed by atoms with Crippen LogP contribution >= 0.6 is 0 Å². The SMILES string of the molecule is C[C@@H]1COC[C@@H](C)N1C(=O)c1cc2ccccc2[nH]1. The predicted molar refractivity (Wildman–Crippen MR) is 74.2 cm³/mol. The summed E-state index contributed by atoms with van der Waals surface area (Å²) in [6, 6.07) is 10.1. The van der Waals surface area contributed by atoms with Gasteiger partial charge in [0, 0.05) is 10.9 Å². The number of nitrogens with zero attached hydrogens (tertiary/aromatic N) is 1. The van der Waals surface area contributed by atoms with E-state index < -0.39 is 0 Å². The van der Waals surface area contributed by atoms with E-state index in [0.29, 0.717) is 18.9 Å². The molecular formula is C15H18N2O2. The predicted octanol–water partition coefficient (Wildman–Crippen LogP) is 2.42. The monoisotopic (exact) mass is 258 g/mol. The number of aromatic nitrogens is 1. The van der Waals surface area contributed by atoms with Crippen LogP contribution in [0, 0.1) is 0 Å². The summed E-state index contributed by atoms with van der Waals surface area (Å²) in [6.07, 6.45) is 0. The Bertz CT molecular complexity index is 562. The van der Waals surface area contributed by atoms with Crippen molar-refractivity contribution in [1.29, 1.82) is 0 Å². The third kappa shape index (κ3) is 2.12. The molecule has 0 spiro atoms. The minimum absolute atomic E-state index is 0.0551. The number of hydrogen-bond donors (Lipinski definition) is 1. The summed E-state index contributed by atoms with van der Waals surface area (Å²) in [5.74, 6) is 0.0551. The van der Waals surface area contributed by atoms with Gasteiger partial charge in [0.15, 0.2) is 0 Å². The third-order valence-electron chi connectivity index (χ3n) is 3.66. The first-order chi connectivity index (χ1) is 9.16. The molecule has 1 fully saturated rings. The molecule has 2 heterocycles. The van der Waals surface area contributed by atoms with Crippen molar-refractivity contribution in [3.8, 4) is 0 Å². The number of amides is 1. The first-order valence-electron chi connectivity index (χ1n) is 6.65. The topological polar surface area (TPSA) is 45.3 Å². The quantitative estimate of drug-likeness (QED) is 0.853. The van der Waals surface area contributed by atoms with Gasteiger partial charge in [0.25, 0.3) is 5.91 Å². The van der Waals surface area contributed by atoms with E-state index in [1.807, 2.05) is 49.1 Å². The van der Waals surface area contributed by atoms with Gasteiger partial charge in [-0.1, -0.05) is 18.2 Å². The van der Waals surface area contributed by atoms with Gasteiger partial charge in [-0.3, -0.25) is 4.79 Å². The van der Waals surface area contributed by atoms with E-state index in [1.54, 1.807) is 0 Å². The standard InChI is InChI=1S/C15H18N2O2/c1-10-8-19-9-11(2)17(10)15(18)14-7-12-5-3-4-6-13(12)16-14/h3-7,10-11,16H,8-9H2,1-2H3/t10-,11-/m1/s1. The number of carbonyl (C=O) groups excluding carboxylic acids is 1. The number of rotatable bonds is 1. The van der Waals surface area contributed by atoms with E-state index in [2.05, 4.69) is 4.98 Å². The fourth-order valence-corrected chi connectivity index (χ4v) is 2.73. The van der Waals surface area contributed by atoms with E-state index >= 15 is 0 Å². The number of carbonyl (C=O) groups is 1. The highest BCUT2D eigenvalue weighted by molar-refractivity contribution is 5.98. The number of aromatic amines is 1. The lowest BCUT2D eigenvalue weighted by Crippen LogP contribution is -2.52. The summed E-state index contributed by atoms with van der Waals surface area (Å²) in [5, 5.41) is 1.07. The molecule has 1 aromatic heterocycles. The molecule has 0 saturated carbocycles. The number of H-pyrrole nitrogens is 1. The molecule has 1 amide bonds. The van der Waals surface area contributed by atoms with Crippen molar-refractivity contribution >= 4 is 16.8 Å². The van der Waals surface area contributed by atoms with E-state index in [4.69, 9.17) is 4.74 Å². The molecule has 1 aliphatic heterocycles. The van der Waals surface area contributed by atoms with Crippen molar-refractivity contribution in [3.63, 3.8) is 0 Å². The Balaban J connectivity index is 1.94. The van der Waals surface area contributed by atoms with Crippen molar-refractivity contribution in [3.05, 3.63) is 36.0 Å². The first kappa shape index (κ1) is 12.2. The molecule has 0 bridgehead atoms. The molecule has 4 nitrogen and oxygen atoms in total. The largest absolute Gasteiger partial charge is 0.377 e. The second-order valence-electron chi connectivity index (χ2n) is 5.22. The van der Waals surface area contributed by atoms with Crippen LogP contribution in [0.2, 0.25) is 0 Å². The zero-order valence-corrected chi connectivity index (χ0v) is 11.2. The first-order valence-corrected chi connectivity index (χ1v) is 6.65. The molecule has 2 aromatic rings. The molecule has 0 radical (unpaired) electrons. The average molecular weight is 258 g/mol. The molecule has 3 rings (SSSR count). The van der Waals surface area contributed by atoms with Crippen LogP contribution in [-0.4, -0.2) is 41.1 Å². The van der Waals surface area contributed by atoms with Crippen LogP contribution < -0.4 is 0 Å². The van der Waals surface area contributed by atoms with Gasteiger partial charge in [-0.05, 0) is 26.0 Å². The number of fused-ring (bicyclic) bond motifs is 1. The summed E-state index contributed by atoms with van der Waals surface area (Å²) in [6.45, 7) is 5.26. The molecule has 19 heavy (non-hydrogen) atoms. The molecule has 2 atom stereocenters. The summed E-state index contributed by atoms with van der Waals surface area (Å²) in [4.78, 5) is 17.7. The Hall–Kier alpha value is -1.81. The second kappa shape index (κ2) is 4.70. The summed E-state index contributed by atoms with van der Waals surface area (Å²) in [7, 11) is 0. The molecule has 4 heteroatoms. The smallest absolute Gasteiger partial charge is 0.270 e. The van der Waals surface area contributed by atoms with Crippen LogP contribution in [0.4, 0.5) is 0 Å². The Labute approximate surface area is 112 Å². The van der Waals surface area contributed by atoms with Gasteiger partial charge in [-0.25, -0.2) is 0 Å². The van der Waals surface area contributed by atoms with Gasteiger partial charge in [0.05, 0.1) is 25.3 Å². The number of para-hydroxylation sites is 1. The van der Waals surface area contributed by atoms with E-state index in [9.17, 15) is 4.79 Å². The number of ether oxygens (including phenoxy) is 1. The summed E-state index contributed by atoms with van der Waals surface area (Å²) in [5.41, 5.74) is 1.65.